The summed E-state index contributed by atoms with van der Waals surface area (Å²) in [5, 5.41) is 6.68. The van der Waals surface area contributed by atoms with Crippen LogP contribution in [0.1, 0.15) is 26.2 Å². The van der Waals surface area contributed by atoms with Gasteiger partial charge in [0.05, 0.1) is 13.7 Å². The summed E-state index contributed by atoms with van der Waals surface area (Å²) < 4.78 is 10.8. The molecule has 1 saturated heterocycles. The van der Waals surface area contributed by atoms with E-state index in [4.69, 9.17) is 9.47 Å². The number of rotatable bonds is 8. The number of ether oxygens (including phenoxy) is 2. The summed E-state index contributed by atoms with van der Waals surface area (Å²) >= 11 is 0. The first-order valence-electron chi connectivity index (χ1n) is 9.18. The molecule has 2 N–H and O–H groups in total. The minimum absolute atomic E-state index is 0. The fourth-order valence-corrected chi connectivity index (χ4v) is 2.86. The minimum atomic E-state index is 0. The maximum atomic E-state index is 11.7. The fraction of sp³-hybridized carbons (Fsp3) is 0.579. The lowest BCUT2D eigenvalue weighted by Gasteiger charge is -2.18. The highest BCUT2D eigenvalue weighted by molar-refractivity contribution is 14.0. The lowest BCUT2D eigenvalue weighted by Crippen LogP contribution is -2.45. The van der Waals surface area contributed by atoms with E-state index in [2.05, 4.69) is 15.6 Å². The number of nitrogens with one attached hydrogen (secondary N) is 2. The lowest BCUT2D eigenvalue weighted by atomic mass is 10.3. The molecule has 1 atom stereocenters. The molecule has 0 bridgehead atoms. The van der Waals surface area contributed by atoms with E-state index in [-0.39, 0.29) is 35.9 Å². The molecule has 0 aromatic heterocycles. The zero-order chi connectivity index (χ0) is 18.8. The normalized spacial score (nSPS) is 16.5. The van der Waals surface area contributed by atoms with E-state index in [1.807, 2.05) is 36.1 Å². The summed E-state index contributed by atoms with van der Waals surface area (Å²) in [5.41, 5.74) is 0. The van der Waals surface area contributed by atoms with E-state index in [0.29, 0.717) is 13.0 Å². The van der Waals surface area contributed by atoms with Crippen LogP contribution in [0.3, 0.4) is 0 Å². The van der Waals surface area contributed by atoms with Crippen molar-refractivity contribution in [2.75, 3.05) is 40.4 Å². The fourth-order valence-electron chi connectivity index (χ4n) is 2.86. The van der Waals surface area contributed by atoms with Crippen LogP contribution in [0.15, 0.2) is 29.3 Å². The quantitative estimate of drug-likeness (QED) is 0.253. The second-order valence-corrected chi connectivity index (χ2v) is 6.20. The summed E-state index contributed by atoms with van der Waals surface area (Å²) in [7, 11) is 3.40. The van der Waals surface area contributed by atoms with Gasteiger partial charge in [0.25, 0.3) is 0 Å². The third-order valence-corrected chi connectivity index (χ3v) is 4.35. The number of nitrogens with zero attached hydrogens (tertiary/aromatic N) is 2. The Morgan fingerprint density at radius 1 is 1.30 bits per heavy atom. The summed E-state index contributed by atoms with van der Waals surface area (Å²) in [5.74, 6) is 2.64. The average Bonchev–Trinajstić information content (AvgIpc) is 3.15. The minimum Gasteiger partial charge on any atom is -0.497 e. The third kappa shape index (κ3) is 7.82. The molecule has 1 fully saturated rings. The van der Waals surface area contributed by atoms with Crippen molar-refractivity contribution < 1.29 is 14.3 Å². The molecule has 1 amide bonds. The van der Waals surface area contributed by atoms with E-state index in [9.17, 15) is 4.79 Å². The summed E-state index contributed by atoms with van der Waals surface area (Å²) in [6.45, 7) is 4.85. The second kappa shape index (κ2) is 12.6. The second-order valence-electron chi connectivity index (χ2n) is 6.20. The van der Waals surface area contributed by atoms with Gasteiger partial charge in [-0.05, 0) is 37.1 Å². The van der Waals surface area contributed by atoms with Crippen molar-refractivity contribution in [1.29, 1.82) is 0 Å². The first-order chi connectivity index (χ1) is 12.7. The molecule has 8 heteroatoms. The third-order valence-electron chi connectivity index (χ3n) is 4.35. The molecule has 1 aliphatic heterocycles. The summed E-state index contributed by atoms with van der Waals surface area (Å²) in [4.78, 5) is 17.9. The number of aliphatic imine (C=N–C) groups is 1. The molecule has 27 heavy (non-hydrogen) atoms. The Hall–Kier alpha value is -1.71. The van der Waals surface area contributed by atoms with E-state index in [1.165, 1.54) is 0 Å². The molecule has 0 aliphatic carbocycles. The lowest BCUT2D eigenvalue weighted by molar-refractivity contribution is -0.129. The Bertz CT molecular complexity index is 595. The smallest absolute Gasteiger partial charge is 0.222 e. The Balaban J connectivity index is 0.00000364. The molecule has 1 unspecified atom stereocenters. The van der Waals surface area contributed by atoms with E-state index in [0.717, 1.165) is 49.9 Å². The van der Waals surface area contributed by atoms with Crippen molar-refractivity contribution in [3.8, 4) is 11.5 Å². The number of hydrogen-bond acceptors (Lipinski definition) is 4. The standard InChI is InChI=1S/C19H30N4O3.HI/c1-4-18(24)23-12-10-15(14-23)22-19(20-2)21-11-5-13-26-17-8-6-16(25-3)7-9-17;/h6-9,15H,4-5,10-14H2,1-3H3,(H2,20,21,22);1H. The van der Waals surface area contributed by atoms with Gasteiger partial charge in [-0.15, -0.1) is 24.0 Å². The zero-order valence-corrected chi connectivity index (χ0v) is 18.7. The van der Waals surface area contributed by atoms with Gasteiger partial charge in [0.1, 0.15) is 11.5 Å². The molecule has 2 rings (SSSR count). The predicted octanol–water partition coefficient (Wildman–Crippen LogP) is 2.26. The van der Waals surface area contributed by atoms with Gasteiger partial charge in [-0.2, -0.15) is 0 Å². The topological polar surface area (TPSA) is 75.2 Å². The maximum Gasteiger partial charge on any atom is 0.222 e. The molecule has 1 aromatic carbocycles. The van der Waals surface area contributed by atoms with Gasteiger partial charge in [0.2, 0.25) is 5.91 Å². The van der Waals surface area contributed by atoms with Gasteiger partial charge in [-0.1, -0.05) is 6.92 Å². The van der Waals surface area contributed by atoms with Crippen LogP contribution in [0.5, 0.6) is 11.5 Å². The Morgan fingerprint density at radius 3 is 2.63 bits per heavy atom. The van der Waals surface area contributed by atoms with E-state index >= 15 is 0 Å². The van der Waals surface area contributed by atoms with Crippen molar-refractivity contribution in [1.82, 2.24) is 15.5 Å². The average molecular weight is 490 g/mol. The van der Waals surface area contributed by atoms with E-state index in [1.54, 1.807) is 14.2 Å². The molecular formula is C19H31IN4O3. The molecule has 152 valence electrons. The van der Waals surface area contributed by atoms with Crippen LogP contribution in [0.4, 0.5) is 0 Å². The van der Waals surface area contributed by atoms with Crippen LogP contribution in [0.2, 0.25) is 0 Å². The number of carbonyl (C=O) groups is 1. The van der Waals surface area contributed by atoms with Gasteiger partial charge in [0, 0.05) is 39.1 Å². The van der Waals surface area contributed by atoms with Crippen LogP contribution in [0, 0.1) is 0 Å². The number of halogens is 1. The van der Waals surface area contributed by atoms with Gasteiger partial charge in [-0.25, -0.2) is 0 Å². The SMILES string of the molecule is CCC(=O)N1CCC(NC(=NC)NCCCOc2ccc(OC)cc2)C1.I. The Labute approximate surface area is 178 Å². The largest absolute Gasteiger partial charge is 0.497 e. The molecule has 1 heterocycles. The van der Waals surface area contributed by atoms with Gasteiger partial charge in [0.15, 0.2) is 5.96 Å². The Morgan fingerprint density at radius 2 is 2.00 bits per heavy atom. The molecule has 1 aliphatic rings. The number of amides is 1. The predicted molar refractivity (Wildman–Crippen MR) is 118 cm³/mol. The molecule has 1 aromatic rings. The highest BCUT2D eigenvalue weighted by Crippen LogP contribution is 2.17. The molecule has 0 radical (unpaired) electrons. The Kier molecular flexibility index (Phi) is 10.9. The number of likely N-dealkylation sites (tertiary alicyclic amines) is 1. The van der Waals surface area contributed by atoms with Gasteiger partial charge in [-0.3, -0.25) is 9.79 Å². The maximum absolute atomic E-state index is 11.7. The van der Waals surface area contributed by atoms with Crippen LogP contribution < -0.4 is 20.1 Å². The molecule has 0 spiro atoms. The number of methoxy groups -OCH3 is 1. The van der Waals surface area contributed by atoms with Gasteiger partial charge >= 0.3 is 0 Å². The molecule has 0 saturated carbocycles. The highest BCUT2D eigenvalue weighted by atomic mass is 127. The molecular weight excluding hydrogens is 459 g/mol. The van der Waals surface area contributed by atoms with Crippen LogP contribution in [-0.2, 0) is 4.79 Å². The van der Waals surface area contributed by atoms with Crippen molar-refractivity contribution in [2.45, 2.75) is 32.2 Å². The van der Waals surface area contributed by atoms with Crippen molar-refractivity contribution in [2.24, 2.45) is 4.99 Å². The number of benzene rings is 1. The number of carbonyl (C=O) groups excluding carboxylic acids is 1. The first-order valence-corrected chi connectivity index (χ1v) is 9.18. The highest BCUT2D eigenvalue weighted by Gasteiger charge is 2.25. The monoisotopic (exact) mass is 490 g/mol. The van der Waals surface area contributed by atoms with Crippen molar-refractivity contribution in [3.63, 3.8) is 0 Å². The van der Waals surface area contributed by atoms with Crippen molar-refractivity contribution >= 4 is 35.8 Å². The number of guanidine groups is 1. The van der Waals surface area contributed by atoms with Crippen LogP contribution in [0.25, 0.3) is 0 Å². The zero-order valence-electron chi connectivity index (χ0n) is 16.4. The van der Waals surface area contributed by atoms with Crippen LogP contribution >= 0.6 is 24.0 Å². The van der Waals surface area contributed by atoms with E-state index < -0.39 is 0 Å². The number of hydrogen-bond donors (Lipinski definition) is 2. The summed E-state index contributed by atoms with van der Waals surface area (Å²) in [6.07, 6.45) is 2.37. The first kappa shape index (κ1) is 23.3. The molecule has 7 nitrogen and oxygen atoms in total. The van der Waals surface area contributed by atoms with Crippen molar-refractivity contribution in [3.05, 3.63) is 24.3 Å². The summed E-state index contributed by atoms with van der Waals surface area (Å²) in [6, 6.07) is 7.82. The van der Waals surface area contributed by atoms with Gasteiger partial charge < -0.3 is 25.0 Å². The van der Waals surface area contributed by atoms with Crippen LogP contribution in [-0.4, -0.2) is 63.2 Å².